The van der Waals surface area contributed by atoms with E-state index in [2.05, 4.69) is 10.3 Å². The number of para-hydroxylation sites is 1. The van der Waals surface area contributed by atoms with E-state index >= 15 is 0 Å². The van der Waals surface area contributed by atoms with Gasteiger partial charge in [0, 0.05) is 18.1 Å². The Hall–Kier alpha value is -2.74. The van der Waals surface area contributed by atoms with Crippen LogP contribution in [-0.2, 0) is 11.0 Å². The molecule has 1 N–H and O–H groups in total. The summed E-state index contributed by atoms with van der Waals surface area (Å²) in [4.78, 5) is 16.8. The number of halogens is 3. The van der Waals surface area contributed by atoms with Crippen LogP contribution in [0.3, 0.4) is 0 Å². The first-order valence-electron chi connectivity index (χ1n) is 8.50. The maximum absolute atomic E-state index is 13.1. The Kier molecular flexibility index (Phi) is 5.79. The van der Waals surface area contributed by atoms with E-state index in [-0.39, 0.29) is 5.69 Å². The van der Waals surface area contributed by atoms with Crippen LogP contribution in [0.5, 0.6) is 0 Å². The molecule has 2 aromatic carbocycles. The van der Waals surface area contributed by atoms with E-state index in [4.69, 9.17) is 0 Å². The van der Waals surface area contributed by atoms with Crippen molar-refractivity contribution in [3.8, 4) is 5.69 Å². The van der Waals surface area contributed by atoms with Crippen LogP contribution in [0.1, 0.15) is 18.1 Å². The lowest BCUT2D eigenvalue weighted by Gasteiger charge is -2.16. The molecule has 0 saturated heterocycles. The second kappa shape index (κ2) is 8.10. The monoisotopic (exact) mass is 405 g/mol. The fourth-order valence-corrected chi connectivity index (χ4v) is 3.52. The predicted molar refractivity (Wildman–Crippen MR) is 104 cm³/mol. The number of carbonyl (C=O) groups is 1. The summed E-state index contributed by atoms with van der Waals surface area (Å²) in [5, 5.41) is 2.32. The van der Waals surface area contributed by atoms with Crippen molar-refractivity contribution in [2.45, 2.75) is 30.4 Å². The van der Waals surface area contributed by atoms with Gasteiger partial charge in [0.1, 0.15) is 0 Å². The number of alkyl halides is 3. The van der Waals surface area contributed by atoms with Gasteiger partial charge >= 0.3 is 6.18 Å². The number of benzene rings is 2. The number of hydrogen-bond acceptors (Lipinski definition) is 3. The Morgan fingerprint density at radius 1 is 1.18 bits per heavy atom. The molecule has 28 heavy (non-hydrogen) atoms. The van der Waals surface area contributed by atoms with Crippen molar-refractivity contribution in [3.05, 3.63) is 72.1 Å². The lowest BCUT2D eigenvalue weighted by atomic mass is 10.1. The molecule has 0 aliphatic carbocycles. The van der Waals surface area contributed by atoms with Gasteiger partial charge in [-0.1, -0.05) is 36.0 Å². The molecule has 0 saturated carbocycles. The number of hydrogen-bond donors (Lipinski definition) is 1. The van der Waals surface area contributed by atoms with E-state index in [1.807, 2.05) is 35.8 Å². The molecule has 8 heteroatoms. The van der Waals surface area contributed by atoms with Crippen LogP contribution in [0.2, 0.25) is 0 Å². The van der Waals surface area contributed by atoms with Gasteiger partial charge in [-0.15, -0.1) is 0 Å². The first-order valence-corrected chi connectivity index (χ1v) is 9.38. The molecule has 0 aliphatic rings. The number of carbonyl (C=O) groups excluding carboxylic acids is 1. The number of nitrogens with zero attached hydrogens (tertiary/aromatic N) is 2. The van der Waals surface area contributed by atoms with Crippen LogP contribution in [0.15, 0.2) is 66.1 Å². The van der Waals surface area contributed by atoms with Crippen molar-refractivity contribution >= 4 is 23.4 Å². The molecule has 1 amide bonds. The standard InChI is InChI=1S/C20H18F3N3OS/c1-13-6-5-7-15(12-13)26-11-10-24-19(26)28-14(2)18(27)25-17-9-4-3-8-16(17)20(21,22)23/h3-12,14H,1-2H3,(H,25,27). The average Bonchev–Trinajstić information content (AvgIpc) is 3.09. The summed E-state index contributed by atoms with van der Waals surface area (Å²) in [6, 6.07) is 12.7. The van der Waals surface area contributed by atoms with E-state index in [0.717, 1.165) is 17.3 Å². The molecule has 0 spiro atoms. The van der Waals surface area contributed by atoms with Crippen molar-refractivity contribution < 1.29 is 18.0 Å². The van der Waals surface area contributed by atoms with Gasteiger partial charge in [0.25, 0.3) is 0 Å². The zero-order valence-corrected chi connectivity index (χ0v) is 16.0. The Morgan fingerprint density at radius 3 is 2.64 bits per heavy atom. The Labute approximate surface area is 164 Å². The minimum absolute atomic E-state index is 0.255. The molecular weight excluding hydrogens is 387 g/mol. The van der Waals surface area contributed by atoms with Crippen LogP contribution >= 0.6 is 11.8 Å². The summed E-state index contributed by atoms with van der Waals surface area (Å²) in [6.07, 6.45) is -1.14. The fourth-order valence-electron chi connectivity index (χ4n) is 2.64. The lowest BCUT2D eigenvalue weighted by Crippen LogP contribution is -2.24. The minimum Gasteiger partial charge on any atom is -0.325 e. The highest BCUT2D eigenvalue weighted by Crippen LogP contribution is 2.35. The molecule has 4 nitrogen and oxygen atoms in total. The summed E-state index contributed by atoms with van der Waals surface area (Å²) in [7, 11) is 0. The van der Waals surface area contributed by atoms with Gasteiger partial charge in [0.05, 0.1) is 16.5 Å². The normalized spacial score (nSPS) is 12.6. The molecule has 0 radical (unpaired) electrons. The number of anilines is 1. The summed E-state index contributed by atoms with van der Waals surface area (Å²) in [6.45, 7) is 3.60. The van der Waals surface area contributed by atoms with Gasteiger partial charge in [-0.3, -0.25) is 9.36 Å². The third-order valence-corrected chi connectivity index (χ3v) is 5.11. The lowest BCUT2D eigenvalue weighted by molar-refractivity contribution is -0.137. The van der Waals surface area contributed by atoms with Crippen molar-refractivity contribution in [2.24, 2.45) is 0 Å². The fraction of sp³-hybridized carbons (Fsp3) is 0.200. The largest absolute Gasteiger partial charge is 0.418 e. The van der Waals surface area contributed by atoms with Crippen LogP contribution in [0.25, 0.3) is 5.69 Å². The van der Waals surface area contributed by atoms with E-state index in [9.17, 15) is 18.0 Å². The van der Waals surface area contributed by atoms with Crippen LogP contribution in [0, 0.1) is 6.92 Å². The Morgan fingerprint density at radius 2 is 1.93 bits per heavy atom. The van der Waals surface area contributed by atoms with E-state index in [1.54, 1.807) is 19.3 Å². The zero-order valence-electron chi connectivity index (χ0n) is 15.2. The highest BCUT2D eigenvalue weighted by Gasteiger charge is 2.34. The summed E-state index contributed by atoms with van der Waals surface area (Å²) in [5.74, 6) is -0.527. The van der Waals surface area contributed by atoms with Crippen molar-refractivity contribution in [3.63, 3.8) is 0 Å². The highest BCUT2D eigenvalue weighted by molar-refractivity contribution is 8.00. The van der Waals surface area contributed by atoms with Gasteiger partial charge in [-0.25, -0.2) is 4.98 Å². The molecule has 1 heterocycles. The number of aromatic nitrogens is 2. The molecule has 3 aromatic rings. The van der Waals surface area contributed by atoms with Crippen molar-refractivity contribution in [1.29, 1.82) is 0 Å². The smallest absolute Gasteiger partial charge is 0.325 e. The van der Waals surface area contributed by atoms with Crippen LogP contribution in [0.4, 0.5) is 18.9 Å². The quantitative estimate of drug-likeness (QED) is 0.585. The first-order chi connectivity index (χ1) is 13.3. The number of amides is 1. The molecule has 1 aromatic heterocycles. The molecule has 0 bridgehead atoms. The maximum atomic E-state index is 13.1. The van der Waals surface area contributed by atoms with Crippen LogP contribution in [-0.4, -0.2) is 20.7 Å². The first kappa shape index (κ1) is 20.0. The molecule has 146 valence electrons. The predicted octanol–water partition coefficient (Wildman–Crippen LogP) is 5.32. The molecule has 0 aliphatic heterocycles. The van der Waals surface area contributed by atoms with Crippen LogP contribution < -0.4 is 5.32 Å². The van der Waals surface area contributed by atoms with Gasteiger partial charge in [-0.2, -0.15) is 13.2 Å². The summed E-state index contributed by atoms with van der Waals surface area (Å²) >= 11 is 1.18. The van der Waals surface area contributed by atoms with E-state index < -0.39 is 22.9 Å². The third-order valence-electron chi connectivity index (χ3n) is 4.03. The molecular formula is C20H18F3N3OS. The Balaban J connectivity index is 1.76. The Bertz CT molecular complexity index is 985. The number of thioether (sulfide) groups is 1. The SMILES string of the molecule is Cc1cccc(-n2ccnc2SC(C)C(=O)Nc2ccccc2C(F)(F)F)c1. The number of imidazole rings is 1. The number of nitrogens with one attached hydrogen (secondary N) is 1. The van der Waals surface area contributed by atoms with Gasteiger partial charge in [0.2, 0.25) is 5.91 Å². The van der Waals surface area contributed by atoms with Gasteiger partial charge in [0.15, 0.2) is 5.16 Å². The summed E-state index contributed by atoms with van der Waals surface area (Å²) < 4.78 is 41.2. The third kappa shape index (κ3) is 4.56. The second-order valence-electron chi connectivity index (χ2n) is 6.21. The van der Waals surface area contributed by atoms with Crippen molar-refractivity contribution in [2.75, 3.05) is 5.32 Å². The van der Waals surface area contributed by atoms with Gasteiger partial charge < -0.3 is 5.32 Å². The number of rotatable bonds is 5. The highest BCUT2D eigenvalue weighted by atomic mass is 32.2. The van der Waals surface area contributed by atoms with Gasteiger partial charge in [-0.05, 0) is 43.7 Å². The topological polar surface area (TPSA) is 46.9 Å². The number of aryl methyl sites for hydroxylation is 1. The molecule has 1 atom stereocenters. The summed E-state index contributed by atoms with van der Waals surface area (Å²) in [5.41, 5.74) is 0.850. The van der Waals surface area contributed by atoms with E-state index in [1.165, 1.54) is 30.0 Å². The zero-order chi connectivity index (χ0) is 20.3. The molecule has 3 rings (SSSR count). The molecule has 0 fully saturated rings. The second-order valence-corrected chi connectivity index (χ2v) is 7.52. The van der Waals surface area contributed by atoms with E-state index in [0.29, 0.717) is 5.16 Å². The maximum Gasteiger partial charge on any atom is 0.418 e. The van der Waals surface area contributed by atoms with Crippen molar-refractivity contribution in [1.82, 2.24) is 9.55 Å². The minimum atomic E-state index is -4.54. The average molecular weight is 405 g/mol. The molecule has 1 unspecified atom stereocenters.